The van der Waals surface area contributed by atoms with E-state index < -0.39 is 5.97 Å². The van der Waals surface area contributed by atoms with Crippen molar-refractivity contribution in [2.24, 2.45) is 0 Å². The van der Waals surface area contributed by atoms with Crippen molar-refractivity contribution in [2.45, 2.75) is 27.3 Å². The average Bonchev–Trinajstić information content (AvgIpc) is 2.57. The molecule has 2 aromatic heterocycles. The van der Waals surface area contributed by atoms with Gasteiger partial charge in [0.25, 0.3) is 0 Å². The predicted octanol–water partition coefficient (Wildman–Crippen LogP) is 1.95. The molecule has 0 fully saturated rings. The molecule has 0 saturated heterocycles. The van der Waals surface area contributed by atoms with Gasteiger partial charge in [0.1, 0.15) is 5.69 Å². The molecule has 0 aliphatic rings. The summed E-state index contributed by atoms with van der Waals surface area (Å²) < 4.78 is 1.85. The molecule has 0 aliphatic heterocycles. The maximum Gasteiger partial charge on any atom is 0.354 e. The topological polar surface area (TPSA) is 68.0 Å². The second-order valence-electron chi connectivity index (χ2n) is 4.27. The van der Waals surface area contributed by atoms with Gasteiger partial charge in [0, 0.05) is 5.69 Å². The molecular weight excluding hydrogens is 230 g/mol. The van der Waals surface area contributed by atoms with E-state index in [9.17, 15) is 4.79 Å². The van der Waals surface area contributed by atoms with Crippen molar-refractivity contribution in [3.8, 4) is 0 Å². The van der Waals surface area contributed by atoms with Crippen LogP contribution in [0.5, 0.6) is 0 Å². The zero-order chi connectivity index (χ0) is 13.3. The van der Waals surface area contributed by atoms with Crippen LogP contribution in [0.4, 0.5) is 0 Å². The van der Waals surface area contributed by atoms with Crippen LogP contribution >= 0.6 is 0 Å². The molecule has 5 nitrogen and oxygen atoms in total. The van der Waals surface area contributed by atoms with Gasteiger partial charge in [-0.05, 0) is 38.5 Å². The van der Waals surface area contributed by atoms with Crippen molar-refractivity contribution in [2.75, 3.05) is 0 Å². The van der Waals surface area contributed by atoms with Crippen molar-refractivity contribution in [1.82, 2.24) is 14.8 Å². The van der Waals surface area contributed by atoms with E-state index in [2.05, 4.69) is 10.1 Å². The van der Waals surface area contributed by atoms with Crippen molar-refractivity contribution >= 4 is 5.97 Å². The number of rotatable bonds is 3. The third kappa shape index (κ3) is 2.25. The van der Waals surface area contributed by atoms with Crippen LogP contribution in [0, 0.1) is 20.8 Å². The van der Waals surface area contributed by atoms with E-state index in [0.29, 0.717) is 12.2 Å². The van der Waals surface area contributed by atoms with E-state index in [1.807, 2.05) is 25.5 Å². The number of carboxylic acid groups (broad SMARTS) is 1. The molecule has 5 heteroatoms. The number of pyridine rings is 1. The van der Waals surface area contributed by atoms with Crippen molar-refractivity contribution in [3.05, 3.63) is 46.5 Å². The molecule has 0 radical (unpaired) electrons. The summed E-state index contributed by atoms with van der Waals surface area (Å²) in [4.78, 5) is 14.9. The fourth-order valence-electron chi connectivity index (χ4n) is 1.78. The lowest BCUT2D eigenvalue weighted by Crippen LogP contribution is -2.08. The van der Waals surface area contributed by atoms with E-state index in [-0.39, 0.29) is 5.69 Å². The molecule has 0 saturated carbocycles. The smallest absolute Gasteiger partial charge is 0.354 e. The molecule has 0 atom stereocenters. The maximum atomic E-state index is 10.8. The zero-order valence-corrected chi connectivity index (χ0v) is 10.6. The molecule has 0 aliphatic carbocycles. The first-order chi connectivity index (χ1) is 8.49. The largest absolute Gasteiger partial charge is 0.477 e. The summed E-state index contributed by atoms with van der Waals surface area (Å²) in [5.41, 5.74) is 3.98. The van der Waals surface area contributed by atoms with Crippen LogP contribution in [-0.2, 0) is 6.54 Å². The minimum atomic E-state index is -1.01. The molecule has 2 aromatic rings. The van der Waals surface area contributed by atoms with Crippen molar-refractivity contribution in [1.29, 1.82) is 0 Å². The van der Waals surface area contributed by atoms with E-state index >= 15 is 0 Å². The van der Waals surface area contributed by atoms with Gasteiger partial charge >= 0.3 is 5.97 Å². The maximum absolute atomic E-state index is 10.8. The zero-order valence-electron chi connectivity index (χ0n) is 10.6. The Morgan fingerprint density at radius 3 is 2.61 bits per heavy atom. The summed E-state index contributed by atoms with van der Waals surface area (Å²) in [6, 6.07) is 4.99. The minimum absolute atomic E-state index is 0.0609. The molecule has 0 amide bonds. The Balaban J connectivity index is 2.31. The monoisotopic (exact) mass is 245 g/mol. The summed E-state index contributed by atoms with van der Waals surface area (Å²) in [7, 11) is 0. The molecular formula is C13H15N3O2. The molecule has 0 aromatic carbocycles. The molecule has 2 rings (SSSR count). The fourth-order valence-corrected chi connectivity index (χ4v) is 1.78. The first kappa shape index (κ1) is 12.3. The number of nitrogens with zero attached hydrogens (tertiary/aromatic N) is 3. The van der Waals surface area contributed by atoms with Gasteiger partial charge in [-0.1, -0.05) is 6.07 Å². The minimum Gasteiger partial charge on any atom is -0.477 e. The lowest BCUT2D eigenvalue weighted by atomic mass is 10.2. The summed E-state index contributed by atoms with van der Waals surface area (Å²) in [6.07, 6.45) is 0. The number of carbonyl (C=O) groups is 1. The van der Waals surface area contributed by atoms with Crippen molar-refractivity contribution < 1.29 is 9.90 Å². The van der Waals surface area contributed by atoms with Gasteiger partial charge in [-0.25, -0.2) is 9.78 Å². The highest BCUT2D eigenvalue weighted by Gasteiger charge is 2.10. The van der Waals surface area contributed by atoms with Crippen LogP contribution in [-0.4, -0.2) is 25.8 Å². The van der Waals surface area contributed by atoms with Crippen LogP contribution in [0.15, 0.2) is 18.2 Å². The Labute approximate surface area is 105 Å². The van der Waals surface area contributed by atoms with Crippen LogP contribution in [0.3, 0.4) is 0 Å². The Bertz CT molecular complexity index is 602. The summed E-state index contributed by atoms with van der Waals surface area (Å²) >= 11 is 0. The first-order valence-electron chi connectivity index (χ1n) is 5.69. The second kappa shape index (κ2) is 4.60. The molecule has 0 unspecified atom stereocenters. The predicted molar refractivity (Wildman–Crippen MR) is 66.7 cm³/mol. The average molecular weight is 245 g/mol. The summed E-state index contributed by atoms with van der Waals surface area (Å²) in [5.74, 6) is -1.01. The second-order valence-corrected chi connectivity index (χ2v) is 4.27. The molecule has 0 bridgehead atoms. The van der Waals surface area contributed by atoms with Crippen LogP contribution in [0.2, 0.25) is 0 Å². The molecule has 94 valence electrons. The number of aryl methyl sites for hydroxylation is 1. The van der Waals surface area contributed by atoms with E-state index in [4.69, 9.17) is 5.11 Å². The number of carboxylic acids is 1. The van der Waals surface area contributed by atoms with Crippen molar-refractivity contribution in [3.63, 3.8) is 0 Å². The van der Waals surface area contributed by atoms with Crippen LogP contribution in [0.25, 0.3) is 0 Å². The highest BCUT2D eigenvalue weighted by Crippen LogP contribution is 2.12. The van der Waals surface area contributed by atoms with E-state index in [1.165, 1.54) is 6.07 Å². The SMILES string of the molecule is Cc1nn(Cc2cccc(C(=O)O)n2)c(C)c1C. The van der Waals surface area contributed by atoms with Gasteiger partial charge in [0.15, 0.2) is 0 Å². The normalized spacial score (nSPS) is 10.6. The Morgan fingerprint density at radius 2 is 2.06 bits per heavy atom. The number of hydrogen-bond acceptors (Lipinski definition) is 3. The van der Waals surface area contributed by atoms with Crippen LogP contribution in [0.1, 0.15) is 33.1 Å². The fraction of sp³-hybridized carbons (Fsp3) is 0.308. The summed E-state index contributed by atoms with van der Waals surface area (Å²) in [6.45, 7) is 6.47. The van der Waals surface area contributed by atoms with Gasteiger partial charge in [0.05, 0.1) is 17.9 Å². The van der Waals surface area contributed by atoms with E-state index in [0.717, 1.165) is 17.0 Å². The quantitative estimate of drug-likeness (QED) is 0.897. The van der Waals surface area contributed by atoms with E-state index in [1.54, 1.807) is 12.1 Å². The Kier molecular flexibility index (Phi) is 3.14. The third-order valence-corrected chi connectivity index (χ3v) is 3.08. The summed E-state index contributed by atoms with van der Waals surface area (Å²) in [5, 5.41) is 13.3. The van der Waals surface area contributed by atoms with Gasteiger partial charge in [0.2, 0.25) is 0 Å². The lowest BCUT2D eigenvalue weighted by molar-refractivity contribution is 0.0690. The van der Waals surface area contributed by atoms with Crippen LogP contribution < -0.4 is 0 Å². The van der Waals surface area contributed by atoms with Gasteiger partial charge in [-0.15, -0.1) is 0 Å². The third-order valence-electron chi connectivity index (χ3n) is 3.08. The number of hydrogen-bond donors (Lipinski definition) is 1. The van der Waals surface area contributed by atoms with Gasteiger partial charge in [-0.2, -0.15) is 5.10 Å². The highest BCUT2D eigenvalue weighted by molar-refractivity contribution is 5.85. The molecule has 1 N–H and O–H groups in total. The standard InChI is InChI=1S/C13H15N3O2/c1-8-9(2)15-16(10(8)3)7-11-5-4-6-12(14-11)13(17)18/h4-6H,7H2,1-3H3,(H,17,18). The molecule has 2 heterocycles. The first-order valence-corrected chi connectivity index (χ1v) is 5.69. The van der Waals surface area contributed by atoms with Gasteiger partial charge < -0.3 is 5.11 Å². The number of aromatic carboxylic acids is 1. The molecule has 0 spiro atoms. The highest BCUT2D eigenvalue weighted by atomic mass is 16.4. The molecule has 18 heavy (non-hydrogen) atoms. The number of aromatic nitrogens is 3. The van der Waals surface area contributed by atoms with Gasteiger partial charge in [-0.3, -0.25) is 4.68 Å². The Hall–Kier alpha value is -2.17. The lowest BCUT2D eigenvalue weighted by Gasteiger charge is -2.05. The Morgan fingerprint density at radius 1 is 1.33 bits per heavy atom.